The topological polar surface area (TPSA) is 19.4 Å². The van der Waals surface area contributed by atoms with Crippen LogP contribution in [0.15, 0.2) is 54.6 Å². The molecular weight excluding hydrogens is 302 g/mol. The third-order valence-corrected chi connectivity index (χ3v) is 5.41. The molecule has 0 spiro atoms. The fourth-order valence-electron chi connectivity index (χ4n) is 3.22. The molecule has 2 aromatic carbocycles. The summed E-state index contributed by atoms with van der Waals surface area (Å²) in [6.07, 6.45) is 1.14. The summed E-state index contributed by atoms with van der Waals surface area (Å²) in [5.74, 6) is 1.17. The van der Waals surface area contributed by atoms with Gasteiger partial charge in [0.25, 0.3) is 0 Å². The highest BCUT2D eigenvalue weighted by Crippen LogP contribution is 2.29. The third kappa shape index (κ3) is 3.23. The van der Waals surface area contributed by atoms with Gasteiger partial charge in [-0.25, -0.2) is 0 Å². The van der Waals surface area contributed by atoms with Gasteiger partial charge in [-0.3, -0.25) is 4.90 Å². The van der Waals surface area contributed by atoms with Gasteiger partial charge < -0.3 is 4.90 Å². The Labute approximate surface area is 141 Å². The molecule has 0 saturated carbocycles. The number of hydrogen-bond donors (Lipinski definition) is 0. The quantitative estimate of drug-likeness (QED) is 0.730. The molecule has 1 saturated heterocycles. The molecule has 1 fully saturated rings. The number of nitrogens with zero attached hydrogens (tertiary/aromatic N) is 3. The molecule has 4 heteroatoms. The van der Waals surface area contributed by atoms with E-state index in [1.54, 1.807) is 11.5 Å². The fourth-order valence-corrected chi connectivity index (χ4v) is 4.01. The van der Waals surface area contributed by atoms with Crippen molar-refractivity contribution in [2.45, 2.75) is 6.42 Å². The van der Waals surface area contributed by atoms with Crippen molar-refractivity contribution in [2.24, 2.45) is 0 Å². The number of aromatic nitrogens is 1. The summed E-state index contributed by atoms with van der Waals surface area (Å²) in [6.45, 7) is 5.54. The molecule has 0 unspecified atom stereocenters. The van der Waals surface area contributed by atoms with Crippen LogP contribution in [0, 0.1) is 0 Å². The van der Waals surface area contributed by atoms with Crippen LogP contribution in [-0.2, 0) is 6.42 Å². The van der Waals surface area contributed by atoms with Crippen LogP contribution >= 0.6 is 11.5 Å². The highest BCUT2D eigenvalue weighted by atomic mass is 32.1. The minimum Gasteiger partial charge on any atom is -0.353 e. The second-order valence-electron chi connectivity index (χ2n) is 6.07. The molecule has 3 nitrogen and oxygen atoms in total. The van der Waals surface area contributed by atoms with Gasteiger partial charge in [-0.05, 0) is 35.6 Å². The Balaban J connectivity index is 1.36. The highest BCUT2D eigenvalue weighted by Gasteiger charge is 2.20. The number of anilines is 1. The van der Waals surface area contributed by atoms with Gasteiger partial charge in [-0.2, -0.15) is 4.37 Å². The maximum absolute atomic E-state index is 4.69. The monoisotopic (exact) mass is 323 g/mol. The summed E-state index contributed by atoms with van der Waals surface area (Å²) >= 11 is 1.61. The third-order valence-electron chi connectivity index (χ3n) is 4.59. The van der Waals surface area contributed by atoms with Gasteiger partial charge in [0.05, 0.1) is 4.70 Å². The largest absolute Gasteiger partial charge is 0.353 e. The Morgan fingerprint density at radius 3 is 2.43 bits per heavy atom. The average molecular weight is 323 g/mol. The molecule has 1 aromatic heterocycles. The van der Waals surface area contributed by atoms with Gasteiger partial charge in [0.1, 0.15) is 5.82 Å². The lowest BCUT2D eigenvalue weighted by Gasteiger charge is -2.35. The van der Waals surface area contributed by atoms with Crippen LogP contribution in [0.1, 0.15) is 5.56 Å². The molecular formula is C19H21N3S. The zero-order chi connectivity index (χ0) is 15.5. The molecule has 4 rings (SSSR count). The normalized spacial score (nSPS) is 16.1. The summed E-state index contributed by atoms with van der Waals surface area (Å²) in [6, 6.07) is 19.3. The Morgan fingerprint density at radius 2 is 1.61 bits per heavy atom. The number of piperazine rings is 1. The minimum atomic E-state index is 1.07. The van der Waals surface area contributed by atoms with Crippen molar-refractivity contribution in [1.29, 1.82) is 0 Å². The number of hydrogen-bond acceptors (Lipinski definition) is 4. The van der Waals surface area contributed by atoms with E-state index in [9.17, 15) is 0 Å². The van der Waals surface area contributed by atoms with Crippen LogP contribution in [0.25, 0.3) is 10.1 Å². The van der Waals surface area contributed by atoms with Gasteiger partial charge in [-0.15, -0.1) is 0 Å². The second-order valence-corrected chi connectivity index (χ2v) is 6.87. The molecule has 0 amide bonds. The molecule has 1 aliphatic rings. The smallest absolute Gasteiger partial charge is 0.150 e. The first-order chi connectivity index (χ1) is 11.4. The lowest BCUT2D eigenvalue weighted by atomic mass is 10.1. The van der Waals surface area contributed by atoms with Crippen molar-refractivity contribution in [2.75, 3.05) is 37.6 Å². The second kappa shape index (κ2) is 6.69. The van der Waals surface area contributed by atoms with Crippen molar-refractivity contribution in [1.82, 2.24) is 9.27 Å². The van der Waals surface area contributed by atoms with Crippen molar-refractivity contribution in [3.63, 3.8) is 0 Å². The van der Waals surface area contributed by atoms with E-state index in [1.807, 2.05) is 0 Å². The van der Waals surface area contributed by atoms with Gasteiger partial charge in [0.15, 0.2) is 0 Å². The van der Waals surface area contributed by atoms with E-state index in [2.05, 4.69) is 68.8 Å². The van der Waals surface area contributed by atoms with Crippen molar-refractivity contribution in [3.8, 4) is 0 Å². The minimum absolute atomic E-state index is 1.07. The molecule has 2 heterocycles. The first-order valence-electron chi connectivity index (χ1n) is 8.26. The summed E-state index contributed by atoms with van der Waals surface area (Å²) in [5, 5.41) is 1.30. The molecule has 0 N–H and O–H groups in total. The lowest BCUT2D eigenvalue weighted by Crippen LogP contribution is -2.47. The van der Waals surface area contributed by atoms with Gasteiger partial charge in [0, 0.05) is 38.1 Å². The van der Waals surface area contributed by atoms with Gasteiger partial charge in [0.2, 0.25) is 0 Å². The predicted octanol–water partition coefficient (Wildman–Crippen LogP) is 3.66. The number of fused-ring (bicyclic) bond motifs is 1. The molecule has 0 aliphatic carbocycles. The van der Waals surface area contributed by atoms with Crippen LogP contribution in [0.4, 0.5) is 5.82 Å². The molecule has 1 aliphatic heterocycles. The van der Waals surface area contributed by atoms with E-state index in [0.29, 0.717) is 0 Å². The van der Waals surface area contributed by atoms with Gasteiger partial charge >= 0.3 is 0 Å². The van der Waals surface area contributed by atoms with E-state index in [0.717, 1.165) is 39.1 Å². The van der Waals surface area contributed by atoms with E-state index >= 15 is 0 Å². The molecule has 118 valence electrons. The van der Waals surface area contributed by atoms with Crippen molar-refractivity contribution >= 4 is 27.4 Å². The maximum atomic E-state index is 4.69. The van der Waals surface area contributed by atoms with Crippen LogP contribution in [0.3, 0.4) is 0 Å². The van der Waals surface area contributed by atoms with E-state index in [1.165, 1.54) is 21.5 Å². The molecule has 23 heavy (non-hydrogen) atoms. The zero-order valence-corrected chi connectivity index (χ0v) is 14.0. The van der Waals surface area contributed by atoms with Crippen LogP contribution in [-0.4, -0.2) is 42.0 Å². The Bertz CT molecular complexity index is 760. The molecule has 0 bridgehead atoms. The van der Waals surface area contributed by atoms with Gasteiger partial charge in [-0.1, -0.05) is 42.5 Å². The maximum Gasteiger partial charge on any atom is 0.150 e. The Morgan fingerprint density at radius 1 is 0.870 bits per heavy atom. The van der Waals surface area contributed by atoms with Crippen molar-refractivity contribution in [3.05, 3.63) is 60.2 Å². The van der Waals surface area contributed by atoms with E-state index in [-0.39, 0.29) is 0 Å². The number of benzene rings is 2. The summed E-state index contributed by atoms with van der Waals surface area (Å²) in [7, 11) is 0. The average Bonchev–Trinajstić information content (AvgIpc) is 3.05. The Kier molecular flexibility index (Phi) is 4.26. The fraction of sp³-hybridized carbons (Fsp3) is 0.316. The standard InChI is InChI=1S/C19H21N3S/c1-2-6-16(7-3-1)10-11-21-12-14-22(15-13-21)19-17-8-4-5-9-18(17)23-20-19/h1-9H,10-15H2. The van der Waals surface area contributed by atoms with E-state index < -0.39 is 0 Å². The van der Waals surface area contributed by atoms with E-state index in [4.69, 9.17) is 0 Å². The molecule has 3 aromatic rings. The lowest BCUT2D eigenvalue weighted by molar-refractivity contribution is 0.261. The van der Waals surface area contributed by atoms with Crippen LogP contribution < -0.4 is 4.90 Å². The predicted molar refractivity (Wildman–Crippen MR) is 98.4 cm³/mol. The van der Waals surface area contributed by atoms with Crippen molar-refractivity contribution < 1.29 is 0 Å². The molecule has 0 radical (unpaired) electrons. The van der Waals surface area contributed by atoms with Crippen LogP contribution in [0.2, 0.25) is 0 Å². The first-order valence-corrected chi connectivity index (χ1v) is 9.03. The Hall–Kier alpha value is -1.91. The van der Waals surface area contributed by atoms with Crippen LogP contribution in [0.5, 0.6) is 0 Å². The molecule has 0 atom stereocenters. The zero-order valence-electron chi connectivity index (χ0n) is 13.2. The first kappa shape index (κ1) is 14.7. The SMILES string of the molecule is c1ccc(CCN2CCN(c3nsc4ccccc34)CC2)cc1. The summed E-state index contributed by atoms with van der Waals surface area (Å²) < 4.78 is 5.97. The highest BCUT2D eigenvalue weighted by molar-refractivity contribution is 7.13. The summed E-state index contributed by atoms with van der Waals surface area (Å²) in [5.41, 5.74) is 1.43. The summed E-state index contributed by atoms with van der Waals surface area (Å²) in [4.78, 5) is 5.01. The number of rotatable bonds is 4.